The fraction of sp³-hybridized carbons (Fsp3) is 0.0323. The molecule has 11 aromatic rings. The first kappa shape index (κ1) is 37.6. The van der Waals surface area contributed by atoms with Gasteiger partial charge in [-0.2, -0.15) is 0 Å². The molecule has 11 aromatic carbocycles. The standard InChI is InChI=1S/C62H44N2/c1-4-24-48(25-5-1)63(49-26-6-2-7-27-49)51-36-39-57-58(41-51)61(47-35-34-43-18-10-11-21-46(43)40-47)56-38-37-52(42-59(56)62(57)55-32-16-22-44-19-12-14-30-53(44)55)64(50-28-8-3-9-29-50)60-33-17-23-45-20-13-15-31-54(45)60/h1-6,8-26,28-42H,7,27H2. The highest BCUT2D eigenvalue weighted by molar-refractivity contribution is 6.25. The largest absolute Gasteiger partial charge is 0.314 e. The summed E-state index contributed by atoms with van der Waals surface area (Å²) in [5.41, 5.74) is 11.8. The number of benzene rings is 11. The molecule has 0 unspecified atom stereocenters. The van der Waals surface area contributed by atoms with E-state index in [9.17, 15) is 0 Å². The van der Waals surface area contributed by atoms with Crippen LogP contribution in [0.25, 0.3) is 76.1 Å². The van der Waals surface area contributed by atoms with Gasteiger partial charge in [-0.3, -0.25) is 0 Å². The topological polar surface area (TPSA) is 6.48 Å². The maximum absolute atomic E-state index is 2.46. The lowest BCUT2D eigenvalue weighted by Gasteiger charge is -2.30. The van der Waals surface area contributed by atoms with Gasteiger partial charge in [0.15, 0.2) is 0 Å². The van der Waals surface area contributed by atoms with E-state index in [2.05, 4.69) is 252 Å². The normalized spacial score (nSPS) is 12.6. The molecule has 64 heavy (non-hydrogen) atoms. The van der Waals surface area contributed by atoms with Crippen molar-refractivity contribution in [2.45, 2.75) is 12.8 Å². The van der Waals surface area contributed by atoms with Gasteiger partial charge >= 0.3 is 0 Å². The zero-order valence-electron chi connectivity index (χ0n) is 35.4. The van der Waals surface area contributed by atoms with Gasteiger partial charge in [-0.05, 0) is 150 Å². The van der Waals surface area contributed by atoms with Crippen LogP contribution in [0, 0.1) is 0 Å². The molecule has 0 heterocycles. The van der Waals surface area contributed by atoms with Crippen LogP contribution in [0.4, 0.5) is 28.4 Å². The zero-order chi connectivity index (χ0) is 42.4. The van der Waals surface area contributed by atoms with Crippen molar-refractivity contribution in [1.29, 1.82) is 0 Å². The molecule has 0 radical (unpaired) electrons. The number of hydrogen-bond acceptors (Lipinski definition) is 2. The first-order chi connectivity index (χ1) is 31.8. The minimum atomic E-state index is 0.970. The van der Waals surface area contributed by atoms with Gasteiger partial charge in [0.25, 0.3) is 0 Å². The number of allylic oxidation sites excluding steroid dienone is 4. The average Bonchev–Trinajstić information content (AvgIpc) is 3.36. The van der Waals surface area contributed by atoms with E-state index in [1.807, 2.05) is 0 Å². The fourth-order valence-electron chi connectivity index (χ4n) is 10.1. The minimum absolute atomic E-state index is 0.970. The number of fused-ring (bicyclic) bond motifs is 5. The van der Waals surface area contributed by atoms with Crippen LogP contribution in [0.5, 0.6) is 0 Å². The van der Waals surface area contributed by atoms with Crippen LogP contribution in [0.15, 0.2) is 248 Å². The van der Waals surface area contributed by atoms with Crippen molar-refractivity contribution in [2.24, 2.45) is 0 Å². The van der Waals surface area contributed by atoms with Crippen molar-refractivity contribution in [3.05, 3.63) is 248 Å². The van der Waals surface area contributed by atoms with E-state index in [1.165, 1.54) is 81.8 Å². The lowest BCUT2D eigenvalue weighted by atomic mass is 9.83. The summed E-state index contributed by atoms with van der Waals surface area (Å²) in [6.45, 7) is 0. The third-order valence-electron chi connectivity index (χ3n) is 13.0. The first-order valence-electron chi connectivity index (χ1n) is 22.3. The molecule has 0 saturated heterocycles. The molecule has 0 atom stereocenters. The molecule has 12 rings (SSSR count). The molecule has 0 spiro atoms. The van der Waals surface area contributed by atoms with Crippen molar-refractivity contribution in [1.82, 2.24) is 0 Å². The summed E-state index contributed by atoms with van der Waals surface area (Å²) in [5.74, 6) is 0. The van der Waals surface area contributed by atoms with E-state index in [1.54, 1.807) is 0 Å². The molecule has 1 aliphatic carbocycles. The Morgan fingerprint density at radius 2 is 0.891 bits per heavy atom. The summed E-state index contributed by atoms with van der Waals surface area (Å²) in [6.07, 6.45) is 8.74. The molecule has 0 N–H and O–H groups in total. The molecule has 0 aromatic heterocycles. The second-order valence-electron chi connectivity index (χ2n) is 16.8. The molecule has 302 valence electrons. The number of nitrogens with zero attached hydrogens (tertiary/aromatic N) is 2. The second kappa shape index (κ2) is 15.9. The van der Waals surface area contributed by atoms with Gasteiger partial charge in [-0.25, -0.2) is 0 Å². The third-order valence-corrected chi connectivity index (χ3v) is 13.0. The summed E-state index contributed by atoms with van der Waals surface area (Å²) in [5, 5.41) is 12.2. The van der Waals surface area contributed by atoms with Gasteiger partial charge in [0.2, 0.25) is 0 Å². The second-order valence-corrected chi connectivity index (χ2v) is 16.8. The van der Waals surface area contributed by atoms with Crippen molar-refractivity contribution in [2.75, 3.05) is 9.80 Å². The van der Waals surface area contributed by atoms with E-state index in [0.717, 1.165) is 41.3 Å². The summed E-state index contributed by atoms with van der Waals surface area (Å²) in [4.78, 5) is 4.89. The fourth-order valence-corrected chi connectivity index (χ4v) is 10.1. The molecule has 0 aliphatic heterocycles. The third kappa shape index (κ3) is 6.51. The summed E-state index contributed by atoms with van der Waals surface area (Å²) in [7, 11) is 0. The highest BCUT2D eigenvalue weighted by Crippen LogP contribution is 2.50. The Morgan fingerprint density at radius 3 is 1.61 bits per heavy atom. The molecule has 0 bridgehead atoms. The van der Waals surface area contributed by atoms with E-state index < -0.39 is 0 Å². The molecule has 0 saturated carbocycles. The number of anilines is 5. The van der Waals surface area contributed by atoms with Crippen LogP contribution in [-0.4, -0.2) is 0 Å². The molecule has 1 aliphatic rings. The Kier molecular flexibility index (Phi) is 9.34. The SMILES string of the molecule is C1=CCCC(N(c2ccccc2)c2ccc3c(-c4cccc5ccccc45)c4cc(N(c5ccccc5)c5cccc6ccccc56)ccc4c(-c4ccc5ccccc5c4)c3c2)=C1. The average molecular weight is 817 g/mol. The maximum Gasteiger partial charge on any atom is 0.0540 e. The van der Waals surface area contributed by atoms with Gasteiger partial charge in [-0.15, -0.1) is 0 Å². The molecule has 2 nitrogen and oxygen atoms in total. The van der Waals surface area contributed by atoms with Crippen molar-refractivity contribution < 1.29 is 0 Å². The van der Waals surface area contributed by atoms with Crippen molar-refractivity contribution in [3.8, 4) is 22.3 Å². The zero-order valence-corrected chi connectivity index (χ0v) is 35.4. The van der Waals surface area contributed by atoms with E-state index in [-0.39, 0.29) is 0 Å². The number of para-hydroxylation sites is 2. The highest BCUT2D eigenvalue weighted by Gasteiger charge is 2.24. The molecular formula is C62H44N2. The van der Waals surface area contributed by atoms with Gasteiger partial charge in [0.1, 0.15) is 0 Å². The quantitative estimate of drug-likeness (QED) is 0.141. The molecule has 0 fully saturated rings. The smallest absolute Gasteiger partial charge is 0.0540 e. The van der Waals surface area contributed by atoms with Crippen LogP contribution in [0.1, 0.15) is 12.8 Å². The van der Waals surface area contributed by atoms with Crippen LogP contribution in [-0.2, 0) is 0 Å². The Balaban J connectivity index is 1.22. The maximum atomic E-state index is 2.46. The van der Waals surface area contributed by atoms with Gasteiger partial charge in [0.05, 0.1) is 5.69 Å². The van der Waals surface area contributed by atoms with Crippen LogP contribution in [0.2, 0.25) is 0 Å². The predicted octanol–water partition coefficient (Wildman–Crippen LogP) is 17.6. The molecular weight excluding hydrogens is 773 g/mol. The molecule has 0 amide bonds. The Morgan fingerprint density at radius 1 is 0.328 bits per heavy atom. The summed E-state index contributed by atoms with van der Waals surface area (Å²) in [6, 6.07) is 82.7. The van der Waals surface area contributed by atoms with E-state index in [0.29, 0.717) is 0 Å². The highest BCUT2D eigenvalue weighted by atomic mass is 15.2. The van der Waals surface area contributed by atoms with Gasteiger partial charge in [-0.1, -0.05) is 176 Å². The molecule has 2 heteroatoms. The van der Waals surface area contributed by atoms with Crippen molar-refractivity contribution in [3.63, 3.8) is 0 Å². The van der Waals surface area contributed by atoms with E-state index in [4.69, 9.17) is 0 Å². The Hall–Kier alpha value is -8.20. The monoisotopic (exact) mass is 816 g/mol. The lowest BCUT2D eigenvalue weighted by Crippen LogP contribution is -2.17. The Labute approximate surface area is 373 Å². The lowest BCUT2D eigenvalue weighted by molar-refractivity contribution is 0.918. The Bertz CT molecular complexity index is 3610. The van der Waals surface area contributed by atoms with Crippen LogP contribution in [0.3, 0.4) is 0 Å². The van der Waals surface area contributed by atoms with Crippen LogP contribution >= 0.6 is 0 Å². The van der Waals surface area contributed by atoms with Gasteiger partial charge in [0, 0.05) is 33.8 Å². The summed E-state index contributed by atoms with van der Waals surface area (Å²) >= 11 is 0. The number of hydrogen-bond donors (Lipinski definition) is 0. The minimum Gasteiger partial charge on any atom is -0.314 e. The first-order valence-corrected chi connectivity index (χ1v) is 22.3. The van der Waals surface area contributed by atoms with Crippen LogP contribution < -0.4 is 9.80 Å². The van der Waals surface area contributed by atoms with Gasteiger partial charge < -0.3 is 9.80 Å². The van der Waals surface area contributed by atoms with Crippen molar-refractivity contribution >= 4 is 82.3 Å². The summed E-state index contributed by atoms with van der Waals surface area (Å²) < 4.78 is 0. The predicted molar refractivity (Wildman–Crippen MR) is 275 cm³/mol. The van der Waals surface area contributed by atoms with E-state index >= 15 is 0 Å². The number of rotatable bonds is 8.